The molecule has 1 atom stereocenters. The van der Waals surface area contributed by atoms with E-state index in [1.54, 1.807) is 0 Å². The lowest BCUT2D eigenvalue weighted by atomic mass is 10.0. The van der Waals surface area contributed by atoms with Crippen molar-refractivity contribution < 1.29 is 0 Å². The molecule has 0 aliphatic rings. The Labute approximate surface area is 106 Å². The molecule has 2 nitrogen and oxygen atoms in total. The van der Waals surface area contributed by atoms with Gasteiger partial charge in [0.25, 0.3) is 0 Å². The Morgan fingerprint density at radius 2 is 2.00 bits per heavy atom. The summed E-state index contributed by atoms with van der Waals surface area (Å²) in [4.78, 5) is 4.12. The molecule has 17 heavy (non-hydrogen) atoms. The Bertz CT molecular complexity index is 272. The van der Waals surface area contributed by atoms with Crippen molar-refractivity contribution >= 4 is 0 Å². The van der Waals surface area contributed by atoms with Crippen molar-refractivity contribution in [3.8, 4) is 0 Å². The summed E-state index contributed by atoms with van der Waals surface area (Å²) in [6.07, 6.45) is 13.7. The highest BCUT2D eigenvalue weighted by Crippen LogP contribution is 2.10. The number of nitrogens with two attached hydrogens (primary N) is 1. The summed E-state index contributed by atoms with van der Waals surface area (Å²) in [6.45, 7) is 2.25. The van der Waals surface area contributed by atoms with E-state index in [-0.39, 0.29) is 0 Å². The first-order chi connectivity index (χ1) is 8.33. The van der Waals surface area contributed by atoms with E-state index in [0.717, 1.165) is 12.8 Å². The maximum Gasteiger partial charge on any atom is 0.0299 e. The Kier molecular flexibility index (Phi) is 7.65. The highest BCUT2D eigenvalue weighted by Gasteiger charge is 2.03. The number of rotatable bonds is 9. The monoisotopic (exact) mass is 234 g/mol. The Morgan fingerprint density at radius 1 is 1.18 bits per heavy atom. The number of nitrogens with zero attached hydrogens (tertiary/aromatic N) is 1. The van der Waals surface area contributed by atoms with Gasteiger partial charge in [-0.2, -0.15) is 0 Å². The van der Waals surface area contributed by atoms with Crippen molar-refractivity contribution in [3.63, 3.8) is 0 Å². The van der Waals surface area contributed by atoms with Gasteiger partial charge in [0.15, 0.2) is 0 Å². The highest BCUT2D eigenvalue weighted by atomic mass is 14.6. The van der Waals surface area contributed by atoms with Crippen molar-refractivity contribution in [2.75, 3.05) is 0 Å². The number of aromatic nitrogens is 1. The molecule has 0 amide bonds. The van der Waals surface area contributed by atoms with Crippen LogP contribution in [-0.4, -0.2) is 11.0 Å². The summed E-state index contributed by atoms with van der Waals surface area (Å²) in [5.74, 6) is 0. The van der Waals surface area contributed by atoms with Gasteiger partial charge in [-0.25, -0.2) is 0 Å². The maximum absolute atomic E-state index is 6.12. The topological polar surface area (TPSA) is 38.9 Å². The molecule has 0 fully saturated rings. The Morgan fingerprint density at radius 3 is 2.71 bits per heavy atom. The first-order valence-electron chi connectivity index (χ1n) is 6.97. The van der Waals surface area contributed by atoms with Crippen LogP contribution >= 0.6 is 0 Å². The SMILES string of the molecule is CCCCCCCC(N)CCc1cccnc1. The van der Waals surface area contributed by atoms with Crippen molar-refractivity contribution in [1.29, 1.82) is 0 Å². The molecule has 0 aromatic carbocycles. The zero-order valence-corrected chi connectivity index (χ0v) is 11.1. The highest BCUT2D eigenvalue weighted by molar-refractivity contribution is 5.08. The summed E-state index contributed by atoms with van der Waals surface area (Å²) < 4.78 is 0. The van der Waals surface area contributed by atoms with Gasteiger partial charge in [-0.1, -0.05) is 45.1 Å². The van der Waals surface area contributed by atoms with Crippen LogP contribution in [0.25, 0.3) is 0 Å². The predicted octanol–water partition coefficient (Wildman–Crippen LogP) is 3.70. The molecule has 2 N–H and O–H groups in total. The van der Waals surface area contributed by atoms with Gasteiger partial charge in [-0.3, -0.25) is 4.98 Å². The van der Waals surface area contributed by atoms with Gasteiger partial charge in [0.1, 0.15) is 0 Å². The number of hydrogen-bond acceptors (Lipinski definition) is 2. The molecule has 0 radical (unpaired) electrons. The lowest BCUT2D eigenvalue weighted by Gasteiger charge is -2.11. The van der Waals surface area contributed by atoms with Crippen LogP contribution in [0, 0.1) is 0 Å². The van der Waals surface area contributed by atoms with Gasteiger partial charge in [0.2, 0.25) is 0 Å². The van der Waals surface area contributed by atoms with Crippen LogP contribution in [0.3, 0.4) is 0 Å². The number of hydrogen-bond donors (Lipinski definition) is 1. The van der Waals surface area contributed by atoms with E-state index in [0.29, 0.717) is 6.04 Å². The van der Waals surface area contributed by atoms with Crippen LogP contribution < -0.4 is 5.73 Å². The fourth-order valence-electron chi connectivity index (χ4n) is 2.05. The second-order valence-electron chi connectivity index (χ2n) is 4.86. The molecule has 1 rings (SSSR count). The minimum atomic E-state index is 0.358. The minimum Gasteiger partial charge on any atom is -0.328 e. The van der Waals surface area contributed by atoms with E-state index in [9.17, 15) is 0 Å². The van der Waals surface area contributed by atoms with Gasteiger partial charge < -0.3 is 5.73 Å². The first kappa shape index (κ1) is 14.2. The lowest BCUT2D eigenvalue weighted by Crippen LogP contribution is -2.20. The third-order valence-corrected chi connectivity index (χ3v) is 3.21. The Hall–Kier alpha value is -0.890. The summed E-state index contributed by atoms with van der Waals surface area (Å²) in [7, 11) is 0. The van der Waals surface area contributed by atoms with Crippen molar-refractivity contribution in [1.82, 2.24) is 4.98 Å². The van der Waals surface area contributed by atoms with Gasteiger partial charge in [-0.15, -0.1) is 0 Å². The minimum absolute atomic E-state index is 0.358. The smallest absolute Gasteiger partial charge is 0.0299 e. The maximum atomic E-state index is 6.12. The number of aryl methyl sites for hydroxylation is 1. The van der Waals surface area contributed by atoms with Crippen LogP contribution in [0.15, 0.2) is 24.5 Å². The molecule has 1 unspecified atom stereocenters. The van der Waals surface area contributed by atoms with Gasteiger partial charge in [0, 0.05) is 18.4 Å². The molecule has 0 aliphatic heterocycles. The van der Waals surface area contributed by atoms with Crippen molar-refractivity contribution in [3.05, 3.63) is 30.1 Å². The first-order valence-corrected chi connectivity index (χ1v) is 6.97. The standard InChI is InChI=1S/C15H26N2/c1-2-3-4-5-6-9-15(16)11-10-14-8-7-12-17-13-14/h7-8,12-13,15H,2-6,9-11,16H2,1H3. The fourth-order valence-corrected chi connectivity index (χ4v) is 2.05. The van der Waals surface area contributed by atoms with Crippen LogP contribution in [0.1, 0.15) is 57.4 Å². The van der Waals surface area contributed by atoms with E-state index in [1.807, 2.05) is 18.5 Å². The third kappa shape index (κ3) is 7.11. The van der Waals surface area contributed by atoms with Gasteiger partial charge in [0.05, 0.1) is 0 Å². The molecule has 0 spiro atoms. The predicted molar refractivity (Wildman–Crippen MR) is 73.9 cm³/mol. The van der Waals surface area contributed by atoms with E-state index in [2.05, 4.69) is 18.0 Å². The van der Waals surface area contributed by atoms with E-state index in [1.165, 1.54) is 44.1 Å². The normalized spacial score (nSPS) is 12.6. The molecule has 1 aromatic heterocycles. The average Bonchev–Trinajstić information content (AvgIpc) is 2.37. The van der Waals surface area contributed by atoms with E-state index in [4.69, 9.17) is 5.73 Å². The molecule has 2 heteroatoms. The van der Waals surface area contributed by atoms with Crippen LogP contribution in [0.4, 0.5) is 0 Å². The van der Waals surface area contributed by atoms with E-state index < -0.39 is 0 Å². The van der Waals surface area contributed by atoms with Crippen molar-refractivity contribution in [2.45, 2.75) is 64.3 Å². The molecule has 1 aromatic rings. The molecule has 0 bridgehead atoms. The van der Waals surface area contributed by atoms with Crippen LogP contribution in [-0.2, 0) is 6.42 Å². The van der Waals surface area contributed by atoms with Crippen LogP contribution in [0.5, 0.6) is 0 Å². The zero-order chi connectivity index (χ0) is 12.3. The molecule has 0 aliphatic carbocycles. The summed E-state index contributed by atoms with van der Waals surface area (Å²) in [5.41, 5.74) is 7.42. The summed E-state index contributed by atoms with van der Waals surface area (Å²) >= 11 is 0. The molecule has 1 heterocycles. The number of pyridine rings is 1. The zero-order valence-electron chi connectivity index (χ0n) is 11.1. The van der Waals surface area contributed by atoms with Gasteiger partial charge in [-0.05, 0) is 30.9 Å². The summed E-state index contributed by atoms with van der Waals surface area (Å²) in [6, 6.07) is 4.48. The molecule has 0 saturated carbocycles. The van der Waals surface area contributed by atoms with E-state index >= 15 is 0 Å². The largest absolute Gasteiger partial charge is 0.328 e. The molecule has 96 valence electrons. The summed E-state index contributed by atoms with van der Waals surface area (Å²) in [5, 5.41) is 0. The molecule has 0 saturated heterocycles. The molecular weight excluding hydrogens is 208 g/mol. The molecular formula is C15H26N2. The van der Waals surface area contributed by atoms with Gasteiger partial charge >= 0.3 is 0 Å². The average molecular weight is 234 g/mol. The second kappa shape index (κ2) is 9.17. The van der Waals surface area contributed by atoms with Crippen LogP contribution in [0.2, 0.25) is 0 Å². The third-order valence-electron chi connectivity index (χ3n) is 3.21. The lowest BCUT2D eigenvalue weighted by molar-refractivity contribution is 0.516. The second-order valence-corrected chi connectivity index (χ2v) is 4.86. The Balaban J connectivity index is 2.03. The quantitative estimate of drug-likeness (QED) is 0.662. The fraction of sp³-hybridized carbons (Fsp3) is 0.667. The van der Waals surface area contributed by atoms with Crippen molar-refractivity contribution in [2.24, 2.45) is 5.73 Å². The number of unbranched alkanes of at least 4 members (excludes halogenated alkanes) is 4.